The van der Waals surface area contributed by atoms with Gasteiger partial charge in [0.05, 0.1) is 0 Å². The van der Waals surface area contributed by atoms with E-state index in [0.29, 0.717) is 0 Å². The van der Waals surface area contributed by atoms with Crippen LogP contribution in [0, 0.1) is 0 Å². The van der Waals surface area contributed by atoms with Gasteiger partial charge >= 0.3 is 0 Å². The number of rotatable bonds is 1. The smallest absolute Gasteiger partial charge is 0.0475 e. The average Bonchev–Trinajstić information content (AvgIpc) is 2.46. The van der Waals surface area contributed by atoms with E-state index in [2.05, 4.69) is 11.6 Å². The van der Waals surface area contributed by atoms with Crippen LogP contribution >= 0.6 is 11.6 Å². The highest BCUT2D eigenvalue weighted by molar-refractivity contribution is 6.31. The van der Waals surface area contributed by atoms with Crippen LogP contribution in [0.3, 0.4) is 0 Å². The fourth-order valence-corrected chi connectivity index (χ4v) is 1.46. The monoisotopic (exact) mass is 177 g/mol. The van der Waals surface area contributed by atoms with Crippen molar-refractivity contribution in [1.29, 1.82) is 0 Å². The van der Waals surface area contributed by atoms with E-state index < -0.39 is 0 Å². The molecule has 1 heterocycles. The molecule has 0 saturated heterocycles. The summed E-state index contributed by atoms with van der Waals surface area (Å²) in [5, 5.41) is 1.91. The molecule has 1 aromatic carbocycles. The number of halogens is 1. The Bertz CT molecular complexity index is 428. The third-order valence-electron chi connectivity index (χ3n) is 1.90. The summed E-state index contributed by atoms with van der Waals surface area (Å²) in [4.78, 5) is 3.12. The van der Waals surface area contributed by atoms with Crippen molar-refractivity contribution >= 4 is 28.6 Å². The van der Waals surface area contributed by atoms with Crippen LogP contribution in [0.5, 0.6) is 0 Å². The number of H-pyrrole nitrogens is 1. The van der Waals surface area contributed by atoms with Crippen LogP contribution in [0.15, 0.2) is 31.0 Å². The van der Waals surface area contributed by atoms with Crippen LogP contribution in [0.25, 0.3) is 17.0 Å². The zero-order valence-electron chi connectivity index (χ0n) is 6.47. The number of hydrogen-bond donors (Lipinski definition) is 1. The molecule has 0 spiro atoms. The molecule has 0 aliphatic heterocycles. The van der Waals surface area contributed by atoms with Gasteiger partial charge in [0.25, 0.3) is 0 Å². The van der Waals surface area contributed by atoms with Gasteiger partial charge in [0.1, 0.15) is 0 Å². The minimum absolute atomic E-state index is 0.750. The lowest BCUT2D eigenvalue weighted by atomic mass is 10.2. The van der Waals surface area contributed by atoms with Gasteiger partial charge in [0.15, 0.2) is 0 Å². The summed E-state index contributed by atoms with van der Waals surface area (Å²) in [6.45, 7) is 3.72. The molecule has 60 valence electrons. The number of aromatic nitrogens is 1. The Morgan fingerprint density at radius 2 is 2.25 bits per heavy atom. The minimum Gasteiger partial charge on any atom is -0.361 e. The lowest BCUT2D eigenvalue weighted by Crippen LogP contribution is -1.68. The molecule has 1 aromatic heterocycles. The highest BCUT2D eigenvalue weighted by atomic mass is 35.5. The Morgan fingerprint density at radius 3 is 3.00 bits per heavy atom. The fraction of sp³-hybridized carbons (Fsp3) is 0. The molecule has 2 heteroatoms. The van der Waals surface area contributed by atoms with Crippen molar-refractivity contribution in [3.8, 4) is 0 Å². The van der Waals surface area contributed by atoms with Gasteiger partial charge in [-0.05, 0) is 17.7 Å². The normalized spacial score (nSPS) is 10.4. The van der Waals surface area contributed by atoms with Crippen molar-refractivity contribution in [2.24, 2.45) is 0 Å². The maximum Gasteiger partial charge on any atom is 0.0475 e. The maximum absolute atomic E-state index is 5.83. The zero-order chi connectivity index (χ0) is 8.55. The van der Waals surface area contributed by atoms with E-state index in [1.165, 1.54) is 0 Å². The quantitative estimate of drug-likeness (QED) is 0.687. The van der Waals surface area contributed by atoms with E-state index >= 15 is 0 Å². The van der Waals surface area contributed by atoms with Crippen LogP contribution in [-0.2, 0) is 0 Å². The third-order valence-corrected chi connectivity index (χ3v) is 2.13. The number of hydrogen-bond acceptors (Lipinski definition) is 0. The molecule has 2 rings (SSSR count). The molecule has 0 radical (unpaired) electrons. The van der Waals surface area contributed by atoms with Gasteiger partial charge in [-0.3, -0.25) is 0 Å². The number of nitrogens with one attached hydrogen (secondary N) is 1. The van der Waals surface area contributed by atoms with Crippen molar-refractivity contribution in [2.45, 2.75) is 0 Å². The van der Waals surface area contributed by atoms with Crippen LogP contribution in [-0.4, -0.2) is 4.98 Å². The van der Waals surface area contributed by atoms with Gasteiger partial charge in [-0.2, -0.15) is 0 Å². The molecule has 0 fully saturated rings. The van der Waals surface area contributed by atoms with Gasteiger partial charge in [-0.15, -0.1) is 0 Å². The van der Waals surface area contributed by atoms with Gasteiger partial charge in [-0.1, -0.05) is 30.3 Å². The van der Waals surface area contributed by atoms with E-state index in [-0.39, 0.29) is 0 Å². The summed E-state index contributed by atoms with van der Waals surface area (Å²) in [5.74, 6) is 0. The second-order valence-electron chi connectivity index (χ2n) is 2.64. The topological polar surface area (TPSA) is 15.8 Å². The molecular weight excluding hydrogens is 170 g/mol. The zero-order valence-corrected chi connectivity index (χ0v) is 7.23. The van der Waals surface area contributed by atoms with Crippen molar-refractivity contribution < 1.29 is 0 Å². The van der Waals surface area contributed by atoms with Crippen molar-refractivity contribution in [2.75, 3.05) is 0 Å². The largest absolute Gasteiger partial charge is 0.361 e. The highest BCUT2D eigenvalue weighted by Crippen LogP contribution is 2.22. The first kappa shape index (κ1) is 7.44. The molecule has 1 nitrogen and oxygen atoms in total. The van der Waals surface area contributed by atoms with Gasteiger partial charge < -0.3 is 4.98 Å². The first-order valence-corrected chi connectivity index (χ1v) is 4.08. The Morgan fingerprint density at radius 1 is 1.42 bits per heavy atom. The second-order valence-corrected chi connectivity index (χ2v) is 3.07. The van der Waals surface area contributed by atoms with E-state index in [0.717, 1.165) is 21.5 Å². The van der Waals surface area contributed by atoms with Crippen molar-refractivity contribution in [1.82, 2.24) is 4.98 Å². The Labute approximate surface area is 75.7 Å². The van der Waals surface area contributed by atoms with Crippen molar-refractivity contribution in [3.05, 3.63) is 41.6 Å². The predicted molar refractivity (Wildman–Crippen MR) is 53.4 cm³/mol. The van der Waals surface area contributed by atoms with Crippen LogP contribution < -0.4 is 0 Å². The molecule has 0 aliphatic rings. The van der Waals surface area contributed by atoms with Crippen LogP contribution in [0.2, 0.25) is 5.02 Å². The minimum atomic E-state index is 0.750. The summed E-state index contributed by atoms with van der Waals surface area (Å²) in [5.41, 5.74) is 2.17. The summed E-state index contributed by atoms with van der Waals surface area (Å²) >= 11 is 5.83. The molecule has 0 amide bonds. The Balaban J connectivity index is 2.81. The number of aromatic amines is 1. The third kappa shape index (κ3) is 1.03. The molecule has 0 atom stereocenters. The lowest BCUT2D eigenvalue weighted by Gasteiger charge is -1.91. The summed E-state index contributed by atoms with van der Waals surface area (Å²) in [6.07, 6.45) is 3.75. The Hall–Kier alpha value is -1.21. The van der Waals surface area contributed by atoms with E-state index in [1.54, 1.807) is 0 Å². The van der Waals surface area contributed by atoms with Crippen LogP contribution in [0.4, 0.5) is 0 Å². The van der Waals surface area contributed by atoms with Crippen LogP contribution in [0.1, 0.15) is 5.56 Å². The standard InChI is InChI=1S/C10H8ClN/c1-2-7-6-12-10-5-8(11)3-4-9(7)10/h2-6,12H,1H2. The maximum atomic E-state index is 5.83. The van der Waals surface area contributed by atoms with E-state index in [9.17, 15) is 0 Å². The average molecular weight is 178 g/mol. The van der Waals surface area contributed by atoms with Gasteiger partial charge in [0.2, 0.25) is 0 Å². The molecule has 1 N–H and O–H groups in total. The molecule has 0 aliphatic carbocycles. The molecule has 12 heavy (non-hydrogen) atoms. The summed E-state index contributed by atoms with van der Waals surface area (Å²) < 4.78 is 0. The van der Waals surface area contributed by atoms with E-state index in [4.69, 9.17) is 11.6 Å². The Kier molecular flexibility index (Phi) is 1.66. The highest BCUT2D eigenvalue weighted by Gasteiger charge is 1.99. The van der Waals surface area contributed by atoms with Gasteiger partial charge in [-0.25, -0.2) is 0 Å². The molecule has 0 saturated carbocycles. The lowest BCUT2D eigenvalue weighted by molar-refractivity contribution is 1.47. The first-order valence-electron chi connectivity index (χ1n) is 3.70. The number of fused-ring (bicyclic) bond motifs is 1. The fourth-order valence-electron chi connectivity index (χ4n) is 1.29. The van der Waals surface area contributed by atoms with Gasteiger partial charge in [0, 0.05) is 22.1 Å². The first-order chi connectivity index (χ1) is 5.81. The van der Waals surface area contributed by atoms with E-state index in [1.807, 2.05) is 30.5 Å². The molecule has 0 unspecified atom stereocenters. The summed E-state index contributed by atoms with van der Waals surface area (Å²) in [7, 11) is 0. The molecule has 2 aromatic rings. The van der Waals surface area contributed by atoms with Crippen molar-refractivity contribution in [3.63, 3.8) is 0 Å². The molecular formula is C10H8ClN. The molecule has 0 bridgehead atoms. The predicted octanol–water partition coefficient (Wildman–Crippen LogP) is 3.46. The second kappa shape index (κ2) is 2.68. The SMILES string of the molecule is C=Cc1c[nH]c2cc(Cl)ccc12. The number of benzene rings is 1. The summed E-state index contributed by atoms with van der Waals surface area (Å²) in [6, 6.07) is 5.78.